The van der Waals surface area contributed by atoms with Crippen LogP contribution in [0.5, 0.6) is 0 Å². The molecule has 0 fully saturated rings. The number of hydrogen-bond acceptors (Lipinski definition) is 5. The lowest BCUT2D eigenvalue weighted by Crippen LogP contribution is -2.34. The van der Waals surface area contributed by atoms with Gasteiger partial charge < -0.3 is 15.0 Å². The van der Waals surface area contributed by atoms with Crippen molar-refractivity contribution in [1.29, 1.82) is 0 Å². The Labute approximate surface area is 149 Å². The summed E-state index contributed by atoms with van der Waals surface area (Å²) in [7, 11) is 0. The average molecular weight is 364 g/mol. The van der Waals surface area contributed by atoms with Crippen molar-refractivity contribution in [3.05, 3.63) is 51.6 Å². The second kappa shape index (κ2) is 7.34. The number of hydrogen-bond donors (Lipinski definition) is 1. The van der Waals surface area contributed by atoms with Gasteiger partial charge in [0, 0.05) is 34.6 Å². The summed E-state index contributed by atoms with van der Waals surface area (Å²) in [6, 6.07) is 7.40. The molecule has 1 unspecified atom stereocenters. The lowest BCUT2D eigenvalue weighted by molar-refractivity contribution is -0.144. The summed E-state index contributed by atoms with van der Waals surface area (Å²) in [4.78, 5) is 17.0. The first kappa shape index (κ1) is 17.0. The van der Waals surface area contributed by atoms with Gasteiger partial charge in [0.2, 0.25) is 0 Å². The van der Waals surface area contributed by atoms with Crippen LogP contribution >= 0.6 is 22.9 Å². The monoisotopic (exact) mass is 363 g/mol. The van der Waals surface area contributed by atoms with E-state index < -0.39 is 6.04 Å². The van der Waals surface area contributed by atoms with E-state index >= 15 is 0 Å². The van der Waals surface area contributed by atoms with Crippen LogP contribution < -0.4 is 5.73 Å². The third kappa shape index (κ3) is 3.61. The summed E-state index contributed by atoms with van der Waals surface area (Å²) in [6.45, 7) is 2.79. The van der Waals surface area contributed by atoms with Gasteiger partial charge in [-0.1, -0.05) is 29.8 Å². The summed E-state index contributed by atoms with van der Waals surface area (Å²) in [6.07, 6.45) is 4.26. The minimum absolute atomic E-state index is 0.334. The molecule has 2 aromatic heterocycles. The summed E-state index contributed by atoms with van der Waals surface area (Å²) in [5.74, 6) is -0.372. The zero-order chi connectivity index (χ0) is 17.1. The van der Waals surface area contributed by atoms with Crippen LogP contribution in [0.25, 0.3) is 10.9 Å². The molecule has 0 spiro atoms. The second-order valence-electron chi connectivity index (χ2n) is 5.44. The SMILES string of the molecule is CCOC(=O)C(N)Cc1cn(Cc2cnc(Cl)s2)c2ccccc12. The molecule has 126 valence electrons. The zero-order valence-corrected chi connectivity index (χ0v) is 14.8. The Kier molecular flexibility index (Phi) is 5.18. The lowest BCUT2D eigenvalue weighted by Gasteiger charge is -2.09. The van der Waals surface area contributed by atoms with Crippen molar-refractivity contribution in [3.8, 4) is 0 Å². The Bertz CT molecular complexity index is 859. The first-order valence-electron chi connectivity index (χ1n) is 7.67. The van der Waals surface area contributed by atoms with Crippen LogP contribution in [-0.4, -0.2) is 28.2 Å². The van der Waals surface area contributed by atoms with E-state index in [-0.39, 0.29) is 5.97 Å². The number of rotatable bonds is 6. The van der Waals surface area contributed by atoms with Gasteiger partial charge in [-0.25, -0.2) is 4.98 Å². The summed E-state index contributed by atoms with van der Waals surface area (Å²) >= 11 is 7.37. The molecule has 1 atom stereocenters. The molecule has 0 saturated carbocycles. The van der Waals surface area contributed by atoms with Gasteiger partial charge >= 0.3 is 5.97 Å². The highest BCUT2D eigenvalue weighted by Gasteiger charge is 2.18. The van der Waals surface area contributed by atoms with Gasteiger partial charge in [0.25, 0.3) is 0 Å². The number of carbonyl (C=O) groups excluding carboxylic acids is 1. The highest BCUT2D eigenvalue weighted by atomic mass is 35.5. The molecule has 3 aromatic rings. The van der Waals surface area contributed by atoms with Gasteiger partial charge in [0.15, 0.2) is 4.47 Å². The normalized spacial score (nSPS) is 12.5. The van der Waals surface area contributed by atoms with Crippen molar-refractivity contribution in [1.82, 2.24) is 9.55 Å². The van der Waals surface area contributed by atoms with Gasteiger partial charge in [0.05, 0.1) is 13.2 Å². The molecule has 2 N–H and O–H groups in total. The van der Waals surface area contributed by atoms with E-state index in [1.165, 1.54) is 11.3 Å². The van der Waals surface area contributed by atoms with Gasteiger partial charge in [-0.15, -0.1) is 11.3 Å². The molecule has 3 rings (SSSR count). The number of thiazole rings is 1. The Morgan fingerprint density at radius 3 is 2.96 bits per heavy atom. The average Bonchev–Trinajstić information content (AvgIpc) is 3.13. The lowest BCUT2D eigenvalue weighted by atomic mass is 10.1. The summed E-state index contributed by atoms with van der Waals surface area (Å²) < 4.78 is 7.67. The summed E-state index contributed by atoms with van der Waals surface area (Å²) in [5, 5.41) is 1.09. The highest BCUT2D eigenvalue weighted by Crippen LogP contribution is 2.25. The van der Waals surface area contributed by atoms with Crippen molar-refractivity contribution in [2.45, 2.75) is 25.9 Å². The number of benzene rings is 1. The number of para-hydroxylation sites is 1. The molecule has 0 aliphatic rings. The van der Waals surface area contributed by atoms with E-state index in [0.29, 0.717) is 24.0 Å². The molecule has 0 saturated heterocycles. The molecule has 7 heteroatoms. The molecule has 0 amide bonds. The topological polar surface area (TPSA) is 70.1 Å². The van der Waals surface area contributed by atoms with Crippen LogP contribution in [0, 0.1) is 0 Å². The fraction of sp³-hybridized carbons (Fsp3) is 0.294. The zero-order valence-electron chi connectivity index (χ0n) is 13.2. The molecule has 1 aromatic carbocycles. The molecule has 0 aliphatic heterocycles. The smallest absolute Gasteiger partial charge is 0.323 e. The van der Waals surface area contributed by atoms with Crippen LogP contribution in [0.3, 0.4) is 0 Å². The summed E-state index contributed by atoms with van der Waals surface area (Å²) in [5.41, 5.74) is 8.10. The van der Waals surface area contributed by atoms with Gasteiger partial charge in [-0.2, -0.15) is 0 Å². The number of aromatic nitrogens is 2. The Balaban J connectivity index is 1.90. The van der Waals surface area contributed by atoms with Crippen LogP contribution in [-0.2, 0) is 22.5 Å². The van der Waals surface area contributed by atoms with Gasteiger partial charge in [0.1, 0.15) is 6.04 Å². The number of carbonyl (C=O) groups is 1. The van der Waals surface area contributed by atoms with Crippen LogP contribution in [0.1, 0.15) is 17.4 Å². The number of halogens is 1. The van der Waals surface area contributed by atoms with Crippen LogP contribution in [0.2, 0.25) is 4.47 Å². The fourth-order valence-electron chi connectivity index (χ4n) is 2.71. The molecule has 0 aliphatic carbocycles. The van der Waals surface area contributed by atoms with Crippen molar-refractivity contribution in [2.75, 3.05) is 6.61 Å². The Hall–Kier alpha value is -1.89. The number of fused-ring (bicyclic) bond motifs is 1. The van der Waals surface area contributed by atoms with Gasteiger partial charge in [-0.05, 0) is 18.6 Å². The van der Waals surface area contributed by atoms with E-state index in [2.05, 4.69) is 15.6 Å². The van der Waals surface area contributed by atoms with Crippen LogP contribution in [0.4, 0.5) is 0 Å². The van der Waals surface area contributed by atoms with Crippen molar-refractivity contribution in [3.63, 3.8) is 0 Å². The number of nitrogens with zero attached hydrogens (tertiary/aromatic N) is 2. The maximum atomic E-state index is 11.8. The third-order valence-corrected chi connectivity index (χ3v) is 4.85. The third-order valence-electron chi connectivity index (χ3n) is 3.75. The Morgan fingerprint density at radius 2 is 2.25 bits per heavy atom. The maximum Gasteiger partial charge on any atom is 0.323 e. The van der Waals surface area contributed by atoms with Gasteiger partial charge in [-0.3, -0.25) is 4.79 Å². The molecule has 24 heavy (non-hydrogen) atoms. The van der Waals surface area contributed by atoms with E-state index in [9.17, 15) is 4.79 Å². The first-order chi connectivity index (χ1) is 11.6. The molecule has 2 heterocycles. The minimum Gasteiger partial charge on any atom is -0.465 e. The van der Waals surface area contributed by atoms with Crippen LogP contribution in [0.15, 0.2) is 36.7 Å². The minimum atomic E-state index is -0.665. The quantitative estimate of drug-likeness (QED) is 0.682. The molecule has 0 bridgehead atoms. The van der Waals surface area contributed by atoms with E-state index in [0.717, 1.165) is 21.3 Å². The molecular weight excluding hydrogens is 346 g/mol. The highest BCUT2D eigenvalue weighted by molar-refractivity contribution is 7.15. The predicted octanol–water partition coefficient (Wildman–Crippen LogP) is 3.23. The van der Waals surface area contributed by atoms with E-state index in [4.69, 9.17) is 22.1 Å². The van der Waals surface area contributed by atoms with E-state index in [1.807, 2.05) is 24.4 Å². The standard InChI is InChI=1S/C17H18ClN3O2S/c1-2-23-16(22)14(19)7-11-9-21(10-12-8-20-17(18)24-12)15-6-4-3-5-13(11)15/h3-6,8-9,14H,2,7,10,19H2,1H3. The van der Waals surface area contributed by atoms with E-state index in [1.54, 1.807) is 13.1 Å². The molecule has 0 radical (unpaired) electrons. The van der Waals surface area contributed by atoms with Crippen molar-refractivity contribution in [2.24, 2.45) is 5.73 Å². The predicted molar refractivity (Wildman–Crippen MR) is 96.5 cm³/mol. The number of ether oxygens (including phenoxy) is 1. The first-order valence-corrected chi connectivity index (χ1v) is 8.87. The second-order valence-corrected chi connectivity index (χ2v) is 7.14. The van der Waals surface area contributed by atoms with Crippen molar-refractivity contribution >= 4 is 39.8 Å². The fourth-order valence-corrected chi connectivity index (χ4v) is 3.69. The number of esters is 1. The largest absolute Gasteiger partial charge is 0.465 e. The maximum absolute atomic E-state index is 11.8. The van der Waals surface area contributed by atoms with Crippen molar-refractivity contribution < 1.29 is 9.53 Å². The Morgan fingerprint density at radius 1 is 1.46 bits per heavy atom. The molecular formula is C17H18ClN3O2S. The molecule has 5 nitrogen and oxygen atoms in total. The number of nitrogens with two attached hydrogens (primary N) is 1.